The predicted octanol–water partition coefficient (Wildman–Crippen LogP) is 1.97. The van der Waals surface area contributed by atoms with Crippen molar-refractivity contribution in [2.45, 2.75) is 52.2 Å². The normalized spacial score (nSPS) is 17.2. The van der Waals surface area contributed by atoms with Crippen molar-refractivity contribution in [2.24, 2.45) is 12.0 Å². The highest BCUT2D eigenvalue weighted by Gasteiger charge is 2.21. The fraction of sp³-hybridized carbons (Fsp3) is 0.750. The Bertz CT molecular complexity index is 477. The van der Waals surface area contributed by atoms with Crippen LogP contribution in [0.5, 0.6) is 0 Å². The van der Waals surface area contributed by atoms with Crippen molar-refractivity contribution >= 4 is 29.9 Å². The summed E-state index contributed by atoms with van der Waals surface area (Å²) in [6.07, 6.45) is 6.23. The second kappa shape index (κ2) is 10.1. The number of hydrogen-bond acceptors (Lipinski definition) is 3. The molecule has 1 saturated heterocycles. The molecule has 2 N–H and O–H groups in total. The number of nitrogens with zero attached hydrogens (tertiary/aromatic N) is 4. The lowest BCUT2D eigenvalue weighted by atomic mass is 10.0. The summed E-state index contributed by atoms with van der Waals surface area (Å²) >= 11 is 0. The zero-order valence-electron chi connectivity index (χ0n) is 14.7. The molecule has 0 bridgehead atoms. The Morgan fingerprint density at radius 2 is 2.09 bits per heavy atom. The lowest BCUT2D eigenvalue weighted by molar-refractivity contribution is 0.167. The standard InChI is InChI=1S/C16H30N6.HI/c1-5-17-16(18-10-14-11-19-21(4)12-14)20-15-6-8-22(9-7-15)13(2)3;/h11-13,15H,5-10H2,1-4H3,(H2,17,18,20);1H. The second-order valence-electron chi connectivity index (χ2n) is 6.27. The first kappa shape index (κ1) is 20.2. The molecule has 0 saturated carbocycles. The average molecular weight is 434 g/mol. The molecule has 2 heterocycles. The van der Waals surface area contributed by atoms with Gasteiger partial charge in [0.1, 0.15) is 0 Å². The Morgan fingerprint density at radius 1 is 1.39 bits per heavy atom. The molecule has 2 rings (SSSR count). The Hall–Kier alpha value is -0.830. The number of guanidine groups is 1. The molecule has 6 nitrogen and oxygen atoms in total. The van der Waals surface area contributed by atoms with E-state index in [4.69, 9.17) is 0 Å². The molecule has 1 aromatic rings. The van der Waals surface area contributed by atoms with Crippen LogP contribution in [0.25, 0.3) is 0 Å². The summed E-state index contributed by atoms with van der Waals surface area (Å²) in [7, 11) is 1.93. The molecule has 1 aromatic heterocycles. The SMILES string of the molecule is CCNC(=NCc1cnn(C)c1)NC1CCN(C(C)C)CC1.I. The zero-order valence-corrected chi connectivity index (χ0v) is 17.1. The third-order valence-corrected chi connectivity index (χ3v) is 4.12. The maximum atomic E-state index is 4.67. The summed E-state index contributed by atoms with van der Waals surface area (Å²) in [5.41, 5.74) is 1.13. The minimum absolute atomic E-state index is 0. The largest absolute Gasteiger partial charge is 0.357 e. The van der Waals surface area contributed by atoms with Crippen LogP contribution in [0, 0.1) is 0 Å². The average Bonchev–Trinajstić information content (AvgIpc) is 2.91. The van der Waals surface area contributed by atoms with Gasteiger partial charge in [-0.05, 0) is 33.6 Å². The van der Waals surface area contributed by atoms with E-state index in [0.717, 1.165) is 31.2 Å². The van der Waals surface area contributed by atoms with Gasteiger partial charge in [-0.2, -0.15) is 5.10 Å². The van der Waals surface area contributed by atoms with Gasteiger partial charge in [-0.25, -0.2) is 4.99 Å². The van der Waals surface area contributed by atoms with E-state index in [1.165, 1.54) is 12.8 Å². The Balaban J connectivity index is 0.00000264. The van der Waals surface area contributed by atoms with Crippen LogP contribution in [0.4, 0.5) is 0 Å². The summed E-state index contributed by atoms with van der Waals surface area (Å²) in [6.45, 7) is 10.5. The van der Waals surface area contributed by atoms with Crippen LogP contribution < -0.4 is 10.6 Å². The van der Waals surface area contributed by atoms with E-state index >= 15 is 0 Å². The molecule has 0 amide bonds. The summed E-state index contributed by atoms with van der Waals surface area (Å²) in [6, 6.07) is 1.16. The van der Waals surface area contributed by atoms with E-state index in [9.17, 15) is 0 Å². The number of halogens is 1. The molecule has 0 aromatic carbocycles. The van der Waals surface area contributed by atoms with Crippen LogP contribution in [0.15, 0.2) is 17.4 Å². The predicted molar refractivity (Wildman–Crippen MR) is 106 cm³/mol. The van der Waals surface area contributed by atoms with Gasteiger partial charge >= 0.3 is 0 Å². The zero-order chi connectivity index (χ0) is 15.9. The molecule has 1 fully saturated rings. The molecule has 23 heavy (non-hydrogen) atoms. The lowest BCUT2D eigenvalue weighted by Gasteiger charge is -2.35. The molecule has 0 aliphatic carbocycles. The van der Waals surface area contributed by atoms with Crippen molar-refractivity contribution in [3.8, 4) is 0 Å². The first-order valence-corrected chi connectivity index (χ1v) is 8.35. The molecule has 1 aliphatic heterocycles. The maximum absolute atomic E-state index is 4.67. The fourth-order valence-corrected chi connectivity index (χ4v) is 2.80. The Kier molecular flexibility index (Phi) is 8.90. The van der Waals surface area contributed by atoms with Gasteiger partial charge in [-0.1, -0.05) is 0 Å². The third kappa shape index (κ3) is 6.66. The van der Waals surface area contributed by atoms with E-state index < -0.39 is 0 Å². The molecule has 0 spiro atoms. The summed E-state index contributed by atoms with van der Waals surface area (Å²) in [5.74, 6) is 0.911. The van der Waals surface area contributed by atoms with Crippen molar-refractivity contribution in [3.63, 3.8) is 0 Å². The first-order chi connectivity index (χ1) is 10.6. The van der Waals surface area contributed by atoms with Crippen LogP contribution in [-0.2, 0) is 13.6 Å². The van der Waals surface area contributed by atoms with Gasteiger partial charge in [0.25, 0.3) is 0 Å². The summed E-state index contributed by atoms with van der Waals surface area (Å²) < 4.78 is 1.81. The van der Waals surface area contributed by atoms with Crippen molar-refractivity contribution in [3.05, 3.63) is 18.0 Å². The Labute approximate surface area is 157 Å². The van der Waals surface area contributed by atoms with Gasteiger partial charge < -0.3 is 15.5 Å². The highest BCUT2D eigenvalue weighted by atomic mass is 127. The van der Waals surface area contributed by atoms with E-state index in [2.05, 4.69) is 46.4 Å². The van der Waals surface area contributed by atoms with E-state index in [1.54, 1.807) is 0 Å². The fourth-order valence-electron chi connectivity index (χ4n) is 2.80. The number of piperidine rings is 1. The number of rotatable bonds is 5. The van der Waals surface area contributed by atoms with Gasteiger partial charge in [0, 0.05) is 50.5 Å². The number of aliphatic imine (C=N–C) groups is 1. The number of aromatic nitrogens is 2. The molecule has 1 aliphatic rings. The molecule has 0 atom stereocenters. The van der Waals surface area contributed by atoms with Gasteiger partial charge in [0.15, 0.2) is 5.96 Å². The van der Waals surface area contributed by atoms with Crippen molar-refractivity contribution in [2.75, 3.05) is 19.6 Å². The van der Waals surface area contributed by atoms with Gasteiger partial charge in [-0.3, -0.25) is 4.68 Å². The first-order valence-electron chi connectivity index (χ1n) is 8.35. The van der Waals surface area contributed by atoms with Crippen LogP contribution in [0.3, 0.4) is 0 Å². The quantitative estimate of drug-likeness (QED) is 0.423. The number of aryl methyl sites for hydroxylation is 1. The molecule has 7 heteroatoms. The van der Waals surface area contributed by atoms with Gasteiger partial charge in [0.2, 0.25) is 0 Å². The maximum Gasteiger partial charge on any atom is 0.191 e. The van der Waals surface area contributed by atoms with Crippen molar-refractivity contribution in [1.82, 2.24) is 25.3 Å². The van der Waals surface area contributed by atoms with Crippen LogP contribution in [0.2, 0.25) is 0 Å². The van der Waals surface area contributed by atoms with E-state index in [0.29, 0.717) is 18.6 Å². The van der Waals surface area contributed by atoms with E-state index in [1.807, 2.05) is 24.1 Å². The van der Waals surface area contributed by atoms with Gasteiger partial charge in [0.05, 0.1) is 12.7 Å². The highest BCUT2D eigenvalue weighted by molar-refractivity contribution is 14.0. The number of likely N-dealkylation sites (tertiary alicyclic amines) is 1. The minimum atomic E-state index is 0. The van der Waals surface area contributed by atoms with Gasteiger partial charge in [-0.15, -0.1) is 24.0 Å². The van der Waals surface area contributed by atoms with Crippen molar-refractivity contribution < 1.29 is 0 Å². The highest BCUT2D eigenvalue weighted by Crippen LogP contribution is 2.12. The minimum Gasteiger partial charge on any atom is -0.357 e. The van der Waals surface area contributed by atoms with Crippen molar-refractivity contribution in [1.29, 1.82) is 0 Å². The van der Waals surface area contributed by atoms with Crippen LogP contribution in [-0.4, -0.2) is 52.4 Å². The Morgan fingerprint density at radius 3 is 2.61 bits per heavy atom. The third-order valence-electron chi connectivity index (χ3n) is 4.12. The summed E-state index contributed by atoms with van der Waals surface area (Å²) in [4.78, 5) is 7.21. The summed E-state index contributed by atoms with van der Waals surface area (Å²) in [5, 5.41) is 11.1. The number of nitrogens with one attached hydrogen (secondary N) is 2. The lowest BCUT2D eigenvalue weighted by Crippen LogP contribution is -2.49. The number of hydrogen-bond donors (Lipinski definition) is 2. The van der Waals surface area contributed by atoms with E-state index in [-0.39, 0.29) is 24.0 Å². The second-order valence-corrected chi connectivity index (χ2v) is 6.27. The topological polar surface area (TPSA) is 57.5 Å². The molecular formula is C16H31IN6. The van der Waals surface area contributed by atoms with Crippen LogP contribution >= 0.6 is 24.0 Å². The molecule has 0 radical (unpaired) electrons. The monoisotopic (exact) mass is 434 g/mol. The van der Waals surface area contributed by atoms with Crippen LogP contribution in [0.1, 0.15) is 39.2 Å². The molecular weight excluding hydrogens is 403 g/mol. The molecule has 0 unspecified atom stereocenters. The smallest absolute Gasteiger partial charge is 0.191 e. The molecule has 132 valence electrons.